The molecule has 0 aliphatic carbocycles. The molecule has 1 N–H and O–H groups in total. The maximum atomic E-state index is 8.45. The van der Waals surface area contributed by atoms with Crippen LogP contribution >= 0.6 is 0 Å². The topological polar surface area (TPSA) is 42.4 Å². The van der Waals surface area contributed by atoms with E-state index in [0.717, 1.165) is 0 Å². The molecule has 0 atom stereocenters. The zero-order valence-corrected chi connectivity index (χ0v) is 6.74. The van der Waals surface area contributed by atoms with Gasteiger partial charge in [-0.15, -0.1) is 0 Å². The highest BCUT2D eigenvalue weighted by Crippen LogP contribution is 2.12. The Morgan fingerprint density at radius 2 is 2.50 bits per heavy atom. The van der Waals surface area contributed by atoms with Crippen LogP contribution in [0.25, 0.3) is 0 Å². The fourth-order valence-corrected chi connectivity index (χ4v) is 0.772. The first kappa shape index (κ1) is 8.57. The average Bonchev–Trinajstić information content (AvgIpc) is 2.15. The SMILES string of the molecule is COc1cccnc1C#CCO. The second-order valence-corrected chi connectivity index (χ2v) is 2.01. The van der Waals surface area contributed by atoms with Crippen LogP contribution in [0.15, 0.2) is 18.3 Å². The predicted octanol–water partition coefficient (Wildman–Crippen LogP) is 0.434. The lowest BCUT2D eigenvalue weighted by atomic mass is 10.3. The number of nitrogens with zero attached hydrogens (tertiary/aromatic N) is 1. The number of ether oxygens (including phenoxy) is 1. The van der Waals surface area contributed by atoms with E-state index in [1.165, 1.54) is 0 Å². The lowest BCUT2D eigenvalue weighted by molar-refractivity contribution is 0.350. The van der Waals surface area contributed by atoms with E-state index < -0.39 is 0 Å². The van der Waals surface area contributed by atoms with E-state index in [-0.39, 0.29) is 6.61 Å². The van der Waals surface area contributed by atoms with Crippen LogP contribution in [0.2, 0.25) is 0 Å². The molecular weight excluding hydrogens is 154 g/mol. The van der Waals surface area contributed by atoms with E-state index >= 15 is 0 Å². The first-order chi connectivity index (χ1) is 5.88. The Bertz CT molecular complexity index is 312. The maximum Gasteiger partial charge on any atom is 0.155 e. The number of rotatable bonds is 1. The standard InChI is InChI=1S/C9H9NO2/c1-12-9-5-2-6-10-8(9)4-3-7-11/h2,5-6,11H,7H2,1H3. The highest BCUT2D eigenvalue weighted by Gasteiger charge is 1.97. The number of aliphatic hydroxyl groups is 1. The van der Waals surface area contributed by atoms with Gasteiger partial charge in [0.15, 0.2) is 11.4 Å². The number of aliphatic hydroxyl groups excluding tert-OH is 1. The predicted molar refractivity (Wildman–Crippen MR) is 44.8 cm³/mol. The van der Waals surface area contributed by atoms with E-state index in [1.54, 1.807) is 25.4 Å². The van der Waals surface area contributed by atoms with Crippen molar-refractivity contribution in [3.63, 3.8) is 0 Å². The van der Waals surface area contributed by atoms with Crippen LogP contribution in [-0.2, 0) is 0 Å². The highest BCUT2D eigenvalue weighted by molar-refractivity contribution is 5.40. The Kier molecular flexibility index (Phi) is 3.12. The maximum absolute atomic E-state index is 8.45. The highest BCUT2D eigenvalue weighted by atomic mass is 16.5. The van der Waals surface area contributed by atoms with Gasteiger partial charge in [0, 0.05) is 6.20 Å². The molecular formula is C9H9NO2. The van der Waals surface area contributed by atoms with Crippen LogP contribution in [0.5, 0.6) is 5.75 Å². The molecule has 3 nitrogen and oxygen atoms in total. The Balaban J connectivity index is 2.97. The Morgan fingerprint density at radius 3 is 3.17 bits per heavy atom. The quantitative estimate of drug-likeness (QED) is 0.610. The lowest BCUT2D eigenvalue weighted by Gasteiger charge is -1.99. The molecule has 0 saturated carbocycles. The molecule has 0 unspecified atom stereocenters. The second-order valence-electron chi connectivity index (χ2n) is 2.01. The summed E-state index contributed by atoms with van der Waals surface area (Å²) in [5.41, 5.74) is 0.550. The van der Waals surface area contributed by atoms with Gasteiger partial charge in [0.05, 0.1) is 7.11 Å². The Labute approximate surface area is 71.0 Å². The largest absolute Gasteiger partial charge is 0.494 e. The van der Waals surface area contributed by atoms with Gasteiger partial charge >= 0.3 is 0 Å². The lowest BCUT2D eigenvalue weighted by Crippen LogP contribution is -1.90. The van der Waals surface area contributed by atoms with Crippen LogP contribution in [0.1, 0.15) is 5.69 Å². The molecule has 1 aromatic rings. The van der Waals surface area contributed by atoms with Crippen LogP contribution < -0.4 is 4.74 Å². The Hall–Kier alpha value is -1.53. The number of pyridine rings is 1. The van der Waals surface area contributed by atoms with Crippen LogP contribution in [0, 0.1) is 11.8 Å². The third-order valence-electron chi connectivity index (χ3n) is 1.28. The fraction of sp³-hybridized carbons (Fsp3) is 0.222. The monoisotopic (exact) mass is 163 g/mol. The van der Waals surface area contributed by atoms with Crippen molar-refractivity contribution in [2.24, 2.45) is 0 Å². The molecule has 0 aliphatic heterocycles. The molecule has 1 aromatic heterocycles. The van der Waals surface area contributed by atoms with E-state index in [2.05, 4.69) is 16.8 Å². The molecule has 62 valence electrons. The van der Waals surface area contributed by atoms with Crippen molar-refractivity contribution in [1.82, 2.24) is 4.98 Å². The normalized spacial score (nSPS) is 8.50. The van der Waals surface area contributed by atoms with Crippen molar-refractivity contribution < 1.29 is 9.84 Å². The van der Waals surface area contributed by atoms with Crippen LogP contribution in [0.3, 0.4) is 0 Å². The van der Waals surface area contributed by atoms with Gasteiger partial charge in [-0.2, -0.15) is 0 Å². The van der Waals surface area contributed by atoms with Crippen molar-refractivity contribution in [3.8, 4) is 17.6 Å². The Morgan fingerprint density at radius 1 is 1.67 bits per heavy atom. The van der Waals surface area contributed by atoms with Gasteiger partial charge in [0.2, 0.25) is 0 Å². The molecule has 0 aliphatic rings. The van der Waals surface area contributed by atoms with Gasteiger partial charge in [-0.1, -0.05) is 5.92 Å². The summed E-state index contributed by atoms with van der Waals surface area (Å²) < 4.78 is 5.00. The summed E-state index contributed by atoms with van der Waals surface area (Å²) in [7, 11) is 1.56. The van der Waals surface area contributed by atoms with Gasteiger partial charge < -0.3 is 9.84 Å². The molecule has 0 amide bonds. The molecule has 0 saturated heterocycles. The summed E-state index contributed by atoms with van der Waals surface area (Å²) in [4.78, 5) is 3.98. The van der Waals surface area contributed by atoms with Crippen LogP contribution in [-0.4, -0.2) is 23.8 Å². The third-order valence-corrected chi connectivity index (χ3v) is 1.28. The van der Waals surface area contributed by atoms with E-state index in [1.807, 2.05) is 0 Å². The molecule has 0 fully saturated rings. The first-order valence-corrected chi connectivity index (χ1v) is 3.47. The molecule has 0 spiro atoms. The van der Waals surface area contributed by atoms with E-state index in [0.29, 0.717) is 11.4 Å². The smallest absolute Gasteiger partial charge is 0.155 e. The summed E-state index contributed by atoms with van der Waals surface area (Å²) in [6.45, 7) is -0.167. The molecule has 0 bridgehead atoms. The summed E-state index contributed by atoms with van der Waals surface area (Å²) in [6.07, 6.45) is 1.63. The first-order valence-electron chi connectivity index (χ1n) is 3.47. The average molecular weight is 163 g/mol. The second kappa shape index (κ2) is 4.37. The minimum atomic E-state index is -0.167. The van der Waals surface area contributed by atoms with E-state index in [4.69, 9.17) is 9.84 Å². The van der Waals surface area contributed by atoms with Crippen molar-refractivity contribution >= 4 is 0 Å². The zero-order valence-electron chi connectivity index (χ0n) is 6.74. The van der Waals surface area contributed by atoms with Crippen molar-refractivity contribution in [1.29, 1.82) is 0 Å². The molecule has 0 aromatic carbocycles. The number of hydrogen-bond acceptors (Lipinski definition) is 3. The van der Waals surface area contributed by atoms with Crippen molar-refractivity contribution in [2.75, 3.05) is 13.7 Å². The summed E-state index contributed by atoms with van der Waals surface area (Å²) in [5.74, 6) is 5.80. The number of methoxy groups -OCH3 is 1. The molecule has 12 heavy (non-hydrogen) atoms. The summed E-state index contributed by atoms with van der Waals surface area (Å²) in [6, 6.07) is 3.54. The molecule has 1 heterocycles. The van der Waals surface area contributed by atoms with Gasteiger partial charge in [-0.25, -0.2) is 4.98 Å². The minimum Gasteiger partial charge on any atom is -0.494 e. The third kappa shape index (κ3) is 1.97. The van der Waals surface area contributed by atoms with Crippen molar-refractivity contribution in [2.45, 2.75) is 0 Å². The van der Waals surface area contributed by atoms with Gasteiger partial charge in [0.1, 0.15) is 6.61 Å². The zero-order chi connectivity index (χ0) is 8.81. The van der Waals surface area contributed by atoms with E-state index in [9.17, 15) is 0 Å². The minimum absolute atomic E-state index is 0.167. The molecule has 3 heteroatoms. The fourth-order valence-electron chi connectivity index (χ4n) is 0.772. The molecule has 1 rings (SSSR count). The number of hydrogen-bond donors (Lipinski definition) is 1. The summed E-state index contributed by atoms with van der Waals surface area (Å²) >= 11 is 0. The number of aromatic nitrogens is 1. The molecule has 0 radical (unpaired) electrons. The summed E-state index contributed by atoms with van der Waals surface area (Å²) in [5, 5.41) is 8.45. The van der Waals surface area contributed by atoms with Crippen molar-refractivity contribution in [3.05, 3.63) is 24.0 Å². The van der Waals surface area contributed by atoms with Gasteiger partial charge in [0.25, 0.3) is 0 Å². The van der Waals surface area contributed by atoms with Gasteiger partial charge in [-0.05, 0) is 18.1 Å². The van der Waals surface area contributed by atoms with Gasteiger partial charge in [-0.3, -0.25) is 0 Å². The van der Waals surface area contributed by atoms with Crippen LogP contribution in [0.4, 0.5) is 0 Å².